The van der Waals surface area contributed by atoms with Crippen LogP contribution >= 0.6 is 0 Å². The van der Waals surface area contributed by atoms with Gasteiger partial charge in [0.15, 0.2) is 0 Å². The lowest BCUT2D eigenvalue weighted by atomic mass is 10.0. The van der Waals surface area contributed by atoms with Gasteiger partial charge in [-0.2, -0.15) is 10.5 Å². The molecule has 0 radical (unpaired) electrons. The number of nitrogens with one attached hydrogen (secondary N) is 1. The zero-order valence-electron chi connectivity index (χ0n) is 11.2. The molecule has 0 fully saturated rings. The molecule has 0 saturated heterocycles. The number of H-pyrrole nitrogens is 1. The van der Waals surface area contributed by atoms with E-state index in [9.17, 15) is 10.5 Å². The molecule has 21 heavy (non-hydrogen) atoms. The first-order valence-electron chi connectivity index (χ1n) is 6.52. The molecule has 0 saturated carbocycles. The molecular formula is C18H11N3. The Morgan fingerprint density at radius 1 is 0.619 bits per heavy atom. The van der Waals surface area contributed by atoms with Gasteiger partial charge in [0.2, 0.25) is 0 Å². The van der Waals surface area contributed by atoms with Gasteiger partial charge in [-0.05, 0) is 11.1 Å². The molecule has 0 amide bonds. The highest BCUT2D eigenvalue weighted by Gasteiger charge is 2.19. The molecule has 0 aliphatic heterocycles. The van der Waals surface area contributed by atoms with Gasteiger partial charge < -0.3 is 4.98 Å². The van der Waals surface area contributed by atoms with Gasteiger partial charge in [0.25, 0.3) is 0 Å². The maximum absolute atomic E-state index is 9.43. The number of hydrogen-bond donors (Lipinski definition) is 1. The van der Waals surface area contributed by atoms with E-state index in [4.69, 9.17) is 0 Å². The summed E-state index contributed by atoms with van der Waals surface area (Å²) in [7, 11) is 0. The number of nitriles is 2. The average Bonchev–Trinajstić information content (AvgIpc) is 2.95. The Labute approximate surface area is 122 Å². The predicted molar refractivity (Wildman–Crippen MR) is 81.1 cm³/mol. The highest BCUT2D eigenvalue weighted by Crippen LogP contribution is 2.32. The van der Waals surface area contributed by atoms with Gasteiger partial charge >= 0.3 is 0 Å². The van der Waals surface area contributed by atoms with E-state index in [1.54, 1.807) is 0 Å². The maximum Gasteiger partial charge on any atom is 0.103 e. The number of benzene rings is 2. The molecule has 1 N–H and O–H groups in total. The first kappa shape index (κ1) is 12.7. The van der Waals surface area contributed by atoms with Crippen LogP contribution in [0.2, 0.25) is 0 Å². The molecule has 3 rings (SSSR count). The summed E-state index contributed by atoms with van der Waals surface area (Å²) in [5, 5.41) is 18.9. The van der Waals surface area contributed by atoms with Crippen LogP contribution < -0.4 is 0 Å². The number of aromatic amines is 1. The molecule has 3 heteroatoms. The normalized spacial score (nSPS) is 9.81. The minimum atomic E-state index is 0.391. The lowest BCUT2D eigenvalue weighted by Crippen LogP contribution is -1.82. The molecule has 1 heterocycles. The highest BCUT2D eigenvalue weighted by atomic mass is 14.7. The summed E-state index contributed by atoms with van der Waals surface area (Å²) in [4.78, 5) is 3.24. The number of hydrogen-bond acceptors (Lipinski definition) is 2. The minimum absolute atomic E-state index is 0.391. The minimum Gasteiger partial charge on any atom is -0.352 e. The van der Waals surface area contributed by atoms with E-state index in [-0.39, 0.29) is 0 Å². The fourth-order valence-electron chi connectivity index (χ4n) is 2.37. The third kappa shape index (κ3) is 2.18. The Balaban J connectivity index is 2.28. The first-order chi connectivity index (χ1) is 10.3. The van der Waals surface area contributed by atoms with E-state index < -0.39 is 0 Å². The standard InChI is InChI=1S/C18H11N3/c19-11-15-16(12-20)18(14-9-5-2-6-10-14)21-17(15)13-7-3-1-4-8-13/h1-10,21H. The fourth-order valence-corrected chi connectivity index (χ4v) is 2.37. The fraction of sp³-hybridized carbons (Fsp3) is 0. The maximum atomic E-state index is 9.43. The molecule has 2 aromatic carbocycles. The van der Waals surface area contributed by atoms with Gasteiger partial charge in [0, 0.05) is 0 Å². The number of rotatable bonds is 2. The zero-order valence-corrected chi connectivity index (χ0v) is 11.2. The van der Waals surface area contributed by atoms with Crippen LogP contribution in [0.4, 0.5) is 0 Å². The van der Waals surface area contributed by atoms with Crippen LogP contribution in [0.15, 0.2) is 60.7 Å². The SMILES string of the molecule is N#Cc1c(-c2ccccc2)[nH]c(-c2ccccc2)c1C#N. The van der Waals surface area contributed by atoms with Gasteiger partial charge in [0.05, 0.1) is 22.5 Å². The second-order valence-corrected chi connectivity index (χ2v) is 4.58. The van der Waals surface area contributed by atoms with E-state index in [0.29, 0.717) is 22.5 Å². The van der Waals surface area contributed by atoms with Crippen LogP contribution in [0.25, 0.3) is 22.5 Å². The van der Waals surface area contributed by atoms with Crippen LogP contribution in [0, 0.1) is 22.7 Å². The molecule has 3 aromatic rings. The summed E-state index contributed by atoms with van der Waals surface area (Å²) in [6, 6.07) is 23.4. The molecule has 0 unspecified atom stereocenters. The van der Waals surface area contributed by atoms with Gasteiger partial charge in [-0.3, -0.25) is 0 Å². The van der Waals surface area contributed by atoms with Crippen molar-refractivity contribution in [1.29, 1.82) is 10.5 Å². The first-order valence-corrected chi connectivity index (χ1v) is 6.52. The highest BCUT2D eigenvalue weighted by molar-refractivity contribution is 5.81. The monoisotopic (exact) mass is 269 g/mol. The van der Waals surface area contributed by atoms with Crippen molar-refractivity contribution in [2.45, 2.75) is 0 Å². The Kier molecular flexibility index (Phi) is 3.25. The molecule has 1 aromatic heterocycles. The Hall–Kier alpha value is -3.30. The van der Waals surface area contributed by atoms with Crippen LogP contribution in [0.1, 0.15) is 11.1 Å². The molecule has 0 aliphatic rings. The third-order valence-electron chi connectivity index (χ3n) is 3.35. The van der Waals surface area contributed by atoms with E-state index in [0.717, 1.165) is 11.1 Å². The van der Waals surface area contributed by atoms with E-state index in [1.807, 2.05) is 60.7 Å². The molecule has 3 nitrogen and oxygen atoms in total. The number of nitrogens with zero attached hydrogens (tertiary/aromatic N) is 2. The average molecular weight is 269 g/mol. The summed E-state index contributed by atoms with van der Waals surface area (Å²) in [5.74, 6) is 0. The van der Waals surface area contributed by atoms with Crippen molar-refractivity contribution in [3.05, 3.63) is 71.8 Å². The topological polar surface area (TPSA) is 63.4 Å². The van der Waals surface area contributed by atoms with Gasteiger partial charge in [-0.25, -0.2) is 0 Å². The summed E-state index contributed by atoms with van der Waals surface area (Å²) in [6.45, 7) is 0. The summed E-state index contributed by atoms with van der Waals surface area (Å²) in [6.07, 6.45) is 0. The molecule has 0 atom stereocenters. The second-order valence-electron chi connectivity index (χ2n) is 4.58. The van der Waals surface area contributed by atoms with Crippen molar-refractivity contribution in [3.63, 3.8) is 0 Å². The van der Waals surface area contributed by atoms with Crippen LogP contribution in [-0.2, 0) is 0 Å². The lowest BCUT2D eigenvalue weighted by Gasteiger charge is -1.99. The smallest absolute Gasteiger partial charge is 0.103 e. The van der Waals surface area contributed by atoms with E-state index >= 15 is 0 Å². The molecule has 98 valence electrons. The van der Waals surface area contributed by atoms with E-state index in [2.05, 4.69) is 17.1 Å². The van der Waals surface area contributed by atoms with E-state index in [1.165, 1.54) is 0 Å². The van der Waals surface area contributed by atoms with Gasteiger partial charge in [-0.1, -0.05) is 60.7 Å². The zero-order chi connectivity index (χ0) is 14.7. The quantitative estimate of drug-likeness (QED) is 0.761. The molecule has 0 bridgehead atoms. The van der Waals surface area contributed by atoms with Crippen LogP contribution in [0.5, 0.6) is 0 Å². The second kappa shape index (κ2) is 5.36. The molecular weight excluding hydrogens is 258 g/mol. The predicted octanol–water partition coefficient (Wildman–Crippen LogP) is 4.09. The summed E-state index contributed by atoms with van der Waals surface area (Å²) >= 11 is 0. The van der Waals surface area contributed by atoms with Gasteiger partial charge in [-0.15, -0.1) is 0 Å². The Morgan fingerprint density at radius 2 is 1.00 bits per heavy atom. The van der Waals surface area contributed by atoms with Gasteiger partial charge in [0.1, 0.15) is 12.1 Å². The van der Waals surface area contributed by atoms with Crippen molar-refractivity contribution < 1.29 is 0 Å². The van der Waals surface area contributed by atoms with Crippen molar-refractivity contribution in [3.8, 4) is 34.7 Å². The summed E-state index contributed by atoms with van der Waals surface area (Å²) in [5.41, 5.74) is 3.95. The third-order valence-corrected chi connectivity index (χ3v) is 3.35. The number of aromatic nitrogens is 1. The van der Waals surface area contributed by atoms with Crippen molar-refractivity contribution >= 4 is 0 Å². The largest absolute Gasteiger partial charge is 0.352 e. The Bertz CT molecular complexity index is 775. The molecule has 0 spiro atoms. The lowest BCUT2D eigenvalue weighted by molar-refractivity contribution is 1.38. The van der Waals surface area contributed by atoms with Crippen molar-refractivity contribution in [2.24, 2.45) is 0 Å². The van der Waals surface area contributed by atoms with Crippen LogP contribution in [-0.4, -0.2) is 4.98 Å². The van der Waals surface area contributed by atoms with Crippen molar-refractivity contribution in [1.82, 2.24) is 4.98 Å². The van der Waals surface area contributed by atoms with Crippen molar-refractivity contribution in [2.75, 3.05) is 0 Å². The van der Waals surface area contributed by atoms with Crippen LogP contribution in [0.3, 0.4) is 0 Å². The molecule has 0 aliphatic carbocycles. The Morgan fingerprint density at radius 3 is 1.33 bits per heavy atom. The summed E-state index contributed by atoms with van der Waals surface area (Å²) < 4.78 is 0.